The summed E-state index contributed by atoms with van der Waals surface area (Å²) in [6.07, 6.45) is 7.70. The molecule has 0 unspecified atom stereocenters. The third kappa shape index (κ3) is 3.91. The highest BCUT2D eigenvalue weighted by Crippen LogP contribution is 2.28. The monoisotopic (exact) mass is 263 g/mol. The summed E-state index contributed by atoms with van der Waals surface area (Å²) in [5.74, 6) is 1.26. The van der Waals surface area contributed by atoms with E-state index in [9.17, 15) is 10.1 Å². The van der Waals surface area contributed by atoms with Gasteiger partial charge in [-0.25, -0.2) is 4.98 Å². The first-order chi connectivity index (χ1) is 9.16. The predicted octanol–water partition coefficient (Wildman–Crippen LogP) is 3.68. The first-order valence-electron chi connectivity index (χ1n) is 7.02. The van der Waals surface area contributed by atoms with Crippen LogP contribution in [-0.4, -0.2) is 16.5 Å². The van der Waals surface area contributed by atoms with Gasteiger partial charge in [-0.05, 0) is 31.7 Å². The number of hydrogen-bond acceptors (Lipinski definition) is 4. The van der Waals surface area contributed by atoms with Gasteiger partial charge in [0.1, 0.15) is 0 Å². The van der Waals surface area contributed by atoms with Crippen LogP contribution < -0.4 is 5.32 Å². The minimum absolute atomic E-state index is 0.0615. The van der Waals surface area contributed by atoms with E-state index in [1.165, 1.54) is 38.2 Å². The molecule has 5 heteroatoms. The summed E-state index contributed by atoms with van der Waals surface area (Å²) in [6, 6.07) is 3.18. The Labute approximate surface area is 113 Å². The second kappa shape index (κ2) is 6.50. The Hall–Kier alpha value is -1.65. The molecule has 0 spiro atoms. The molecule has 0 amide bonds. The Morgan fingerprint density at radius 1 is 1.42 bits per heavy atom. The van der Waals surface area contributed by atoms with E-state index in [0.29, 0.717) is 5.82 Å². The van der Waals surface area contributed by atoms with Gasteiger partial charge < -0.3 is 5.32 Å². The molecule has 1 heterocycles. The van der Waals surface area contributed by atoms with Crippen LogP contribution in [0.3, 0.4) is 0 Å². The molecule has 19 heavy (non-hydrogen) atoms. The van der Waals surface area contributed by atoms with Crippen LogP contribution in [-0.2, 0) is 0 Å². The van der Waals surface area contributed by atoms with Crippen molar-refractivity contribution in [1.29, 1.82) is 0 Å². The highest BCUT2D eigenvalue weighted by molar-refractivity contribution is 5.55. The van der Waals surface area contributed by atoms with E-state index in [2.05, 4.69) is 10.3 Å². The topological polar surface area (TPSA) is 68.1 Å². The van der Waals surface area contributed by atoms with E-state index in [1.54, 1.807) is 6.07 Å². The van der Waals surface area contributed by atoms with Gasteiger partial charge >= 0.3 is 5.69 Å². The van der Waals surface area contributed by atoms with Gasteiger partial charge in [0.05, 0.1) is 4.92 Å². The fourth-order valence-corrected chi connectivity index (χ4v) is 2.72. The van der Waals surface area contributed by atoms with Crippen LogP contribution >= 0.6 is 0 Å². The Morgan fingerprint density at radius 3 is 2.84 bits per heavy atom. The number of nitro groups is 1. The number of pyridine rings is 1. The van der Waals surface area contributed by atoms with Crippen molar-refractivity contribution < 1.29 is 4.92 Å². The Balaban J connectivity index is 1.84. The molecule has 0 aromatic carbocycles. The zero-order chi connectivity index (χ0) is 13.7. The van der Waals surface area contributed by atoms with Crippen LogP contribution in [0.5, 0.6) is 0 Å². The normalized spacial score (nSPS) is 15.6. The first-order valence-corrected chi connectivity index (χ1v) is 7.02. The SMILES string of the molecule is Cc1ccc([N+](=O)[O-])c(NCCCC2CCCC2)n1. The quantitative estimate of drug-likeness (QED) is 0.483. The molecular weight excluding hydrogens is 242 g/mol. The maximum absolute atomic E-state index is 10.9. The summed E-state index contributed by atoms with van der Waals surface area (Å²) >= 11 is 0. The van der Waals surface area contributed by atoms with E-state index in [4.69, 9.17) is 0 Å². The van der Waals surface area contributed by atoms with Crippen molar-refractivity contribution in [2.24, 2.45) is 5.92 Å². The third-order valence-corrected chi connectivity index (χ3v) is 3.77. The number of nitrogens with zero attached hydrogens (tertiary/aromatic N) is 2. The summed E-state index contributed by atoms with van der Waals surface area (Å²) in [5, 5.41) is 14.0. The number of anilines is 1. The number of aromatic nitrogens is 1. The van der Waals surface area contributed by atoms with Gasteiger partial charge in [0.25, 0.3) is 0 Å². The van der Waals surface area contributed by atoms with Crippen LogP contribution in [0.2, 0.25) is 0 Å². The molecule has 5 nitrogen and oxygen atoms in total. The van der Waals surface area contributed by atoms with Crippen LogP contribution in [0.1, 0.15) is 44.2 Å². The standard InChI is InChI=1S/C14H21N3O2/c1-11-8-9-13(17(18)19)14(16-11)15-10-4-7-12-5-2-3-6-12/h8-9,12H,2-7,10H2,1H3,(H,15,16). The molecule has 2 rings (SSSR count). The highest BCUT2D eigenvalue weighted by Gasteiger charge is 2.16. The summed E-state index contributed by atoms with van der Waals surface area (Å²) in [6.45, 7) is 2.60. The lowest BCUT2D eigenvalue weighted by Gasteiger charge is -2.10. The molecule has 0 bridgehead atoms. The molecule has 1 N–H and O–H groups in total. The molecule has 0 saturated heterocycles. The molecule has 1 aliphatic carbocycles. The Kier molecular flexibility index (Phi) is 4.71. The maximum Gasteiger partial charge on any atom is 0.311 e. The van der Waals surface area contributed by atoms with Crippen molar-refractivity contribution in [3.05, 3.63) is 27.9 Å². The molecule has 0 aliphatic heterocycles. The molecule has 0 radical (unpaired) electrons. The number of rotatable bonds is 6. The second-order valence-corrected chi connectivity index (χ2v) is 5.30. The maximum atomic E-state index is 10.9. The Bertz CT molecular complexity index is 442. The molecule has 104 valence electrons. The van der Waals surface area contributed by atoms with E-state index >= 15 is 0 Å². The molecule has 1 aromatic rings. The van der Waals surface area contributed by atoms with Crippen molar-refractivity contribution >= 4 is 11.5 Å². The number of hydrogen-bond donors (Lipinski definition) is 1. The highest BCUT2D eigenvalue weighted by atomic mass is 16.6. The minimum Gasteiger partial charge on any atom is -0.364 e. The van der Waals surface area contributed by atoms with Crippen LogP contribution in [0, 0.1) is 23.0 Å². The van der Waals surface area contributed by atoms with Gasteiger partial charge in [-0.15, -0.1) is 0 Å². The number of nitrogens with one attached hydrogen (secondary N) is 1. The van der Waals surface area contributed by atoms with Crippen molar-refractivity contribution in [2.45, 2.75) is 45.4 Å². The number of aryl methyl sites for hydroxylation is 1. The fourth-order valence-electron chi connectivity index (χ4n) is 2.72. The van der Waals surface area contributed by atoms with E-state index in [1.807, 2.05) is 6.92 Å². The lowest BCUT2D eigenvalue weighted by atomic mass is 10.0. The predicted molar refractivity (Wildman–Crippen MR) is 75.3 cm³/mol. The van der Waals surface area contributed by atoms with Crippen molar-refractivity contribution in [3.8, 4) is 0 Å². The molecular formula is C14H21N3O2. The van der Waals surface area contributed by atoms with E-state index in [0.717, 1.165) is 24.6 Å². The summed E-state index contributed by atoms with van der Waals surface area (Å²) in [5.41, 5.74) is 0.857. The van der Waals surface area contributed by atoms with Gasteiger partial charge in [0.2, 0.25) is 5.82 Å². The van der Waals surface area contributed by atoms with Crippen molar-refractivity contribution in [1.82, 2.24) is 4.98 Å². The lowest BCUT2D eigenvalue weighted by molar-refractivity contribution is -0.384. The second-order valence-electron chi connectivity index (χ2n) is 5.30. The lowest BCUT2D eigenvalue weighted by Crippen LogP contribution is -2.08. The molecule has 1 aromatic heterocycles. The van der Waals surface area contributed by atoms with Gasteiger partial charge in [-0.3, -0.25) is 10.1 Å². The summed E-state index contributed by atoms with van der Waals surface area (Å²) < 4.78 is 0. The smallest absolute Gasteiger partial charge is 0.311 e. The molecule has 1 saturated carbocycles. The molecule has 1 aliphatic rings. The molecule has 0 atom stereocenters. The van der Waals surface area contributed by atoms with E-state index in [-0.39, 0.29) is 10.6 Å². The average Bonchev–Trinajstić information content (AvgIpc) is 2.87. The van der Waals surface area contributed by atoms with Crippen LogP contribution in [0.15, 0.2) is 12.1 Å². The molecule has 1 fully saturated rings. The van der Waals surface area contributed by atoms with Gasteiger partial charge in [0.15, 0.2) is 0 Å². The minimum atomic E-state index is -0.383. The van der Waals surface area contributed by atoms with Gasteiger partial charge in [-0.2, -0.15) is 0 Å². The fraction of sp³-hybridized carbons (Fsp3) is 0.643. The zero-order valence-corrected chi connectivity index (χ0v) is 11.4. The summed E-state index contributed by atoms with van der Waals surface area (Å²) in [7, 11) is 0. The van der Waals surface area contributed by atoms with Crippen LogP contribution in [0.25, 0.3) is 0 Å². The first kappa shape index (κ1) is 13.8. The van der Waals surface area contributed by atoms with Gasteiger partial charge in [-0.1, -0.05) is 25.7 Å². The van der Waals surface area contributed by atoms with Crippen molar-refractivity contribution in [3.63, 3.8) is 0 Å². The van der Waals surface area contributed by atoms with Crippen molar-refractivity contribution in [2.75, 3.05) is 11.9 Å². The Morgan fingerprint density at radius 2 is 2.16 bits per heavy atom. The van der Waals surface area contributed by atoms with Gasteiger partial charge in [0, 0.05) is 18.3 Å². The van der Waals surface area contributed by atoms with E-state index < -0.39 is 0 Å². The zero-order valence-electron chi connectivity index (χ0n) is 11.4. The van der Waals surface area contributed by atoms with Crippen LogP contribution in [0.4, 0.5) is 11.5 Å². The third-order valence-electron chi connectivity index (χ3n) is 3.77. The average molecular weight is 263 g/mol. The summed E-state index contributed by atoms with van der Waals surface area (Å²) in [4.78, 5) is 14.7. The largest absolute Gasteiger partial charge is 0.364 e.